The first-order valence-corrected chi connectivity index (χ1v) is 15.0. The largest absolute Gasteiger partial charge is 0.426 e. The zero-order chi connectivity index (χ0) is 26.7. The topological polar surface area (TPSA) is 52.6 Å². The summed E-state index contributed by atoms with van der Waals surface area (Å²) in [5, 5.41) is 1.61. The highest BCUT2D eigenvalue weighted by Gasteiger charge is 2.16. The van der Waals surface area contributed by atoms with Crippen LogP contribution in [-0.4, -0.2) is 11.9 Å². The third kappa shape index (κ3) is 12.2. The van der Waals surface area contributed by atoms with Gasteiger partial charge in [-0.25, -0.2) is 0 Å². The zero-order valence-corrected chi connectivity index (χ0v) is 23.7. The van der Waals surface area contributed by atoms with Gasteiger partial charge in [0.2, 0.25) is 0 Å². The van der Waals surface area contributed by atoms with Crippen molar-refractivity contribution in [1.29, 1.82) is 0 Å². The second-order valence-corrected chi connectivity index (χ2v) is 10.5. The van der Waals surface area contributed by atoms with E-state index in [1.54, 1.807) is 0 Å². The number of aryl methyl sites for hydroxylation is 1. The minimum Gasteiger partial charge on any atom is -0.426 e. The molecule has 0 amide bonds. The summed E-state index contributed by atoms with van der Waals surface area (Å²) in [6, 6.07) is 9.51. The third-order valence-electron chi connectivity index (χ3n) is 7.05. The van der Waals surface area contributed by atoms with Crippen molar-refractivity contribution < 1.29 is 19.1 Å². The fraction of sp³-hybridized carbons (Fsp3) is 0.636. The maximum atomic E-state index is 12.6. The summed E-state index contributed by atoms with van der Waals surface area (Å²) in [4.78, 5) is 25.1. The van der Waals surface area contributed by atoms with Crippen LogP contribution in [0.5, 0.6) is 11.5 Å². The van der Waals surface area contributed by atoms with Gasteiger partial charge in [0.05, 0.1) is 0 Å². The van der Waals surface area contributed by atoms with Gasteiger partial charge in [0.25, 0.3) is 0 Å². The molecule has 37 heavy (non-hydrogen) atoms. The van der Waals surface area contributed by atoms with Gasteiger partial charge in [-0.15, -0.1) is 0 Å². The van der Waals surface area contributed by atoms with E-state index < -0.39 is 0 Å². The van der Waals surface area contributed by atoms with Crippen LogP contribution in [0.4, 0.5) is 0 Å². The lowest BCUT2D eigenvalue weighted by molar-refractivity contribution is -0.135. The Hall–Kier alpha value is -2.36. The Kier molecular flexibility index (Phi) is 15.7. The van der Waals surface area contributed by atoms with Gasteiger partial charge in [-0.3, -0.25) is 9.59 Å². The minimum atomic E-state index is -0.199. The quantitative estimate of drug-likeness (QED) is 0.101. The molecule has 0 aliphatic heterocycles. The zero-order valence-electron chi connectivity index (χ0n) is 23.7. The lowest BCUT2D eigenvalue weighted by Gasteiger charge is -2.15. The van der Waals surface area contributed by atoms with Gasteiger partial charge in [-0.05, 0) is 31.4 Å². The normalized spacial score (nSPS) is 11.1. The third-order valence-corrected chi connectivity index (χ3v) is 7.05. The molecule has 0 unspecified atom stereocenters. The second-order valence-electron chi connectivity index (χ2n) is 10.5. The molecular weight excluding hydrogens is 460 g/mol. The average Bonchev–Trinajstić information content (AvgIpc) is 2.89. The van der Waals surface area contributed by atoms with Crippen LogP contribution in [0.25, 0.3) is 10.8 Å². The molecule has 0 saturated carbocycles. The lowest BCUT2D eigenvalue weighted by Crippen LogP contribution is -2.11. The Morgan fingerprint density at radius 3 is 1.54 bits per heavy atom. The molecule has 0 radical (unpaired) electrons. The number of carbonyl (C=O) groups excluding carboxylic acids is 2. The highest BCUT2D eigenvalue weighted by molar-refractivity contribution is 5.97. The number of unbranched alkanes of at least 4 members (excludes halogenated alkanes) is 14. The Bertz CT molecular complexity index is 933. The summed E-state index contributed by atoms with van der Waals surface area (Å²) in [5.74, 6) is 0.720. The van der Waals surface area contributed by atoms with Crippen molar-refractivity contribution in [3.05, 3.63) is 35.9 Å². The molecule has 0 heterocycles. The minimum absolute atomic E-state index is 0.196. The van der Waals surface area contributed by atoms with E-state index in [-0.39, 0.29) is 11.9 Å². The fourth-order valence-corrected chi connectivity index (χ4v) is 4.81. The number of hydrogen-bond donors (Lipinski definition) is 0. The number of fused-ring (bicyclic) bond motifs is 1. The fourth-order valence-electron chi connectivity index (χ4n) is 4.81. The van der Waals surface area contributed by atoms with E-state index in [1.165, 1.54) is 77.0 Å². The highest BCUT2D eigenvalue weighted by atomic mass is 16.5. The monoisotopic (exact) mass is 510 g/mol. The first-order chi connectivity index (χ1) is 18.1. The SMILES string of the molecule is CCCCCCCCCCC(=O)Oc1cc(C)c(OC(=O)CCCCCCCCCC)c2ccccc12. The number of esters is 2. The van der Waals surface area contributed by atoms with Crippen LogP contribution >= 0.6 is 0 Å². The van der Waals surface area contributed by atoms with Crippen molar-refractivity contribution in [2.45, 2.75) is 136 Å². The summed E-state index contributed by atoms with van der Waals surface area (Å²) in [6.07, 6.45) is 19.9. The standard InChI is InChI=1S/C33H50O4/c1-4-6-8-10-12-14-16-18-24-31(34)36-30-26-27(3)33(29-23-21-20-22-28(29)30)37-32(35)25-19-17-15-13-11-9-7-5-2/h20-23,26H,4-19,24-25H2,1-3H3. The van der Waals surface area contributed by atoms with E-state index in [0.717, 1.165) is 42.0 Å². The summed E-state index contributed by atoms with van der Waals surface area (Å²) in [6.45, 7) is 6.37. The van der Waals surface area contributed by atoms with Crippen LogP contribution in [0.2, 0.25) is 0 Å². The van der Waals surface area contributed by atoms with E-state index >= 15 is 0 Å². The van der Waals surface area contributed by atoms with Crippen LogP contribution < -0.4 is 9.47 Å². The average molecular weight is 511 g/mol. The molecular formula is C33H50O4. The van der Waals surface area contributed by atoms with Crippen LogP contribution in [0.15, 0.2) is 30.3 Å². The molecule has 0 atom stereocenters. The molecule has 2 rings (SSSR count). The molecule has 206 valence electrons. The smallest absolute Gasteiger partial charge is 0.311 e. The predicted molar refractivity (Wildman–Crippen MR) is 154 cm³/mol. The molecule has 0 bridgehead atoms. The Labute approximate surface area is 225 Å². The summed E-state index contributed by atoms with van der Waals surface area (Å²) < 4.78 is 11.6. The van der Waals surface area contributed by atoms with E-state index in [1.807, 2.05) is 37.3 Å². The molecule has 4 heteroatoms. The van der Waals surface area contributed by atoms with Crippen molar-refractivity contribution >= 4 is 22.7 Å². The van der Waals surface area contributed by atoms with E-state index in [4.69, 9.17) is 9.47 Å². The molecule has 2 aromatic rings. The Morgan fingerprint density at radius 2 is 1.03 bits per heavy atom. The van der Waals surface area contributed by atoms with Crippen LogP contribution in [0.3, 0.4) is 0 Å². The number of benzene rings is 2. The van der Waals surface area contributed by atoms with Gasteiger partial charge < -0.3 is 9.47 Å². The van der Waals surface area contributed by atoms with Gasteiger partial charge in [0.15, 0.2) is 0 Å². The van der Waals surface area contributed by atoms with Gasteiger partial charge in [-0.2, -0.15) is 0 Å². The molecule has 0 spiro atoms. The van der Waals surface area contributed by atoms with Crippen LogP contribution in [-0.2, 0) is 9.59 Å². The maximum absolute atomic E-state index is 12.6. The van der Waals surface area contributed by atoms with Gasteiger partial charge in [0.1, 0.15) is 11.5 Å². The molecule has 0 fully saturated rings. The van der Waals surface area contributed by atoms with Gasteiger partial charge in [0, 0.05) is 23.6 Å². The van der Waals surface area contributed by atoms with Gasteiger partial charge in [-0.1, -0.05) is 128 Å². The van der Waals surface area contributed by atoms with E-state index in [2.05, 4.69) is 13.8 Å². The number of rotatable bonds is 20. The molecule has 0 saturated heterocycles. The van der Waals surface area contributed by atoms with Crippen molar-refractivity contribution in [1.82, 2.24) is 0 Å². The van der Waals surface area contributed by atoms with Crippen molar-refractivity contribution in [3.63, 3.8) is 0 Å². The molecule has 0 aliphatic carbocycles. The lowest BCUT2D eigenvalue weighted by atomic mass is 10.0. The van der Waals surface area contributed by atoms with E-state index in [9.17, 15) is 9.59 Å². The molecule has 0 aliphatic rings. The molecule has 4 nitrogen and oxygen atoms in total. The molecule has 0 N–H and O–H groups in total. The summed E-state index contributed by atoms with van der Waals surface area (Å²) >= 11 is 0. The van der Waals surface area contributed by atoms with Crippen molar-refractivity contribution in [3.8, 4) is 11.5 Å². The predicted octanol–water partition coefficient (Wildman–Crippen LogP) is 10.0. The van der Waals surface area contributed by atoms with Crippen molar-refractivity contribution in [2.24, 2.45) is 0 Å². The van der Waals surface area contributed by atoms with E-state index in [0.29, 0.717) is 24.3 Å². The molecule has 2 aromatic carbocycles. The second kappa shape index (κ2) is 18.8. The maximum Gasteiger partial charge on any atom is 0.311 e. The first kappa shape index (κ1) is 30.9. The number of carbonyl (C=O) groups is 2. The molecule has 0 aromatic heterocycles. The van der Waals surface area contributed by atoms with Crippen LogP contribution in [0, 0.1) is 6.92 Å². The first-order valence-electron chi connectivity index (χ1n) is 15.0. The van der Waals surface area contributed by atoms with Crippen LogP contribution in [0.1, 0.15) is 135 Å². The Morgan fingerprint density at radius 1 is 0.595 bits per heavy atom. The number of hydrogen-bond acceptors (Lipinski definition) is 4. The summed E-state index contributed by atoms with van der Waals surface area (Å²) in [5.41, 5.74) is 0.804. The summed E-state index contributed by atoms with van der Waals surface area (Å²) in [7, 11) is 0. The van der Waals surface area contributed by atoms with Gasteiger partial charge >= 0.3 is 11.9 Å². The Balaban J connectivity index is 1.84. The number of ether oxygens (including phenoxy) is 2. The van der Waals surface area contributed by atoms with Crippen molar-refractivity contribution in [2.75, 3.05) is 0 Å². The highest BCUT2D eigenvalue weighted by Crippen LogP contribution is 2.37.